The minimum atomic E-state index is -1.91. The lowest BCUT2D eigenvalue weighted by Crippen LogP contribution is -2.61. The molecular weight excluding hydrogens is 949 g/mol. The first-order chi connectivity index (χ1) is 36.6. The maximum absolute atomic E-state index is 13.1. The van der Waals surface area contributed by atoms with Gasteiger partial charge in [-0.1, -0.05) is 196 Å². The lowest BCUT2D eigenvalue weighted by Gasteiger charge is -2.40. The molecule has 428 valence electrons. The average Bonchev–Trinajstić information content (AvgIpc) is 3.39. The van der Waals surface area contributed by atoms with Gasteiger partial charge in [0.1, 0.15) is 18.8 Å². The number of carbonyl (C=O) groups excluding carboxylic acids is 3. The molecule has 0 aromatic heterocycles. The number of unbranched alkanes of at least 4 members (excludes halogenated alkanes) is 21. The molecule has 0 radical (unpaired) electrons. The fourth-order valence-corrected chi connectivity index (χ4v) is 8.39. The molecule has 0 amide bonds. The Labute approximate surface area is 454 Å². The third-order valence-electron chi connectivity index (χ3n) is 12.9. The molecule has 12 heteroatoms. The van der Waals surface area contributed by atoms with E-state index in [-0.39, 0.29) is 25.9 Å². The summed E-state index contributed by atoms with van der Waals surface area (Å²) in [6.45, 7) is 5.77. The van der Waals surface area contributed by atoms with Gasteiger partial charge in [0.05, 0.1) is 6.61 Å². The third-order valence-corrected chi connectivity index (χ3v) is 12.9. The second kappa shape index (κ2) is 50.7. The van der Waals surface area contributed by atoms with Crippen LogP contribution in [0.2, 0.25) is 0 Å². The van der Waals surface area contributed by atoms with Crippen LogP contribution in [0.4, 0.5) is 0 Å². The first-order valence-corrected chi connectivity index (χ1v) is 29.6. The van der Waals surface area contributed by atoms with E-state index in [1.54, 1.807) is 0 Å². The summed E-state index contributed by atoms with van der Waals surface area (Å²) in [5.74, 6) is -3.18. The van der Waals surface area contributed by atoms with E-state index in [0.29, 0.717) is 19.3 Å². The zero-order valence-corrected chi connectivity index (χ0v) is 47.0. The quantitative estimate of drug-likeness (QED) is 0.0228. The molecule has 1 aliphatic rings. The van der Waals surface area contributed by atoms with Gasteiger partial charge >= 0.3 is 23.9 Å². The first kappa shape index (κ1) is 68.9. The fourth-order valence-electron chi connectivity index (χ4n) is 8.39. The van der Waals surface area contributed by atoms with Crippen molar-refractivity contribution in [3.05, 3.63) is 85.1 Å². The number of carboxylic acid groups (broad SMARTS) is 1. The van der Waals surface area contributed by atoms with Crippen LogP contribution in [0.3, 0.4) is 0 Å². The highest BCUT2D eigenvalue weighted by Gasteiger charge is 2.50. The van der Waals surface area contributed by atoms with Crippen LogP contribution in [0.1, 0.15) is 239 Å². The van der Waals surface area contributed by atoms with Crippen molar-refractivity contribution in [1.29, 1.82) is 0 Å². The molecule has 0 aliphatic carbocycles. The highest BCUT2D eigenvalue weighted by molar-refractivity contribution is 5.74. The van der Waals surface area contributed by atoms with Gasteiger partial charge < -0.3 is 39.0 Å². The summed E-state index contributed by atoms with van der Waals surface area (Å²) in [5, 5.41) is 31.5. The van der Waals surface area contributed by atoms with E-state index in [4.69, 9.17) is 23.7 Å². The van der Waals surface area contributed by atoms with Crippen LogP contribution in [0.15, 0.2) is 85.1 Å². The van der Waals surface area contributed by atoms with Gasteiger partial charge in [0.2, 0.25) is 0 Å². The lowest BCUT2D eigenvalue weighted by molar-refractivity contribution is -0.301. The van der Waals surface area contributed by atoms with Crippen LogP contribution in [-0.4, -0.2) is 89.2 Å². The van der Waals surface area contributed by atoms with E-state index in [9.17, 15) is 34.5 Å². The van der Waals surface area contributed by atoms with Crippen LogP contribution in [0.25, 0.3) is 0 Å². The van der Waals surface area contributed by atoms with E-state index in [0.717, 1.165) is 141 Å². The molecule has 1 saturated heterocycles. The number of hydrogen-bond acceptors (Lipinski definition) is 11. The van der Waals surface area contributed by atoms with Crippen molar-refractivity contribution in [3.8, 4) is 0 Å². The Hall–Kier alpha value is -4.10. The molecule has 1 aliphatic heterocycles. The Morgan fingerprint density at radius 1 is 0.453 bits per heavy atom. The second-order valence-corrected chi connectivity index (χ2v) is 19.9. The molecule has 0 saturated carbocycles. The Bertz CT molecular complexity index is 1630. The summed E-state index contributed by atoms with van der Waals surface area (Å²) in [4.78, 5) is 51.1. The number of carbonyl (C=O) groups is 4. The summed E-state index contributed by atoms with van der Waals surface area (Å²) in [6, 6.07) is 0. The van der Waals surface area contributed by atoms with Crippen LogP contribution < -0.4 is 0 Å². The fraction of sp³-hybridized carbons (Fsp3) is 0.714. The molecule has 1 rings (SSSR count). The number of hydrogen-bond donors (Lipinski definition) is 3. The van der Waals surface area contributed by atoms with E-state index in [2.05, 4.69) is 106 Å². The first-order valence-electron chi connectivity index (χ1n) is 29.6. The smallest absolute Gasteiger partial charge is 0.335 e. The average molecular weight is 1050 g/mol. The highest BCUT2D eigenvalue weighted by atomic mass is 16.7. The number of ether oxygens (including phenoxy) is 5. The predicted octanol–water partition coefficient (Wildman–Crippen LogP) is 15.1. The second-order valence-electron chi connectivity index (χ2n) is 19.9. The summed E-state index contributed by atoms with van der Waals surface area (Å²) < 4.78 is 28.4. The normalized spacial score (nSPS) is 18.8. The topological polar surface area (TPSA) is 175 Å². The molecule has 1 fully saturated rings. The molecule has 0 aromatic rings. The SMILES string of the molecule is CC/C=C\C/C=C\C/C=C\C/C=C\CCCCCCC(=O)OCC(COC1OC(C(=O)O)C(O)C(O)C1OC(=O)CCCCCCC/C=C\C/C=C\CCC)OC(=O)CCCCCCC/C=C\CCCCCCCC. The van der Waals surface area contributed by atoms with Crippen molar-refractivity contribution in [1.82, 2.24) is 0 Å². The summed E-state index contributed by atoms with van der Waals surface area (Å²) in [7, 11) is 0. The standard InChI is InChI=1S/C63H104O12/c1-4-7-10-13-16-19-22-25-27-28-30-32-34-37-40-43-46-49-55(64)71-52-54(73-56(65)50-47-44-41-38-36-33-29-26-23-20-17-14-11-8-5-2)53-72-63-61(59(68)58(67)60(75-63)62(69)70)74-57(66)51-48-45-42-39-35-31-24-21-18-15-12-9-6-3/h7,10,12,15-16,19,21,24-27,29-30,32,54,58-61,63,67-68H,4-6,8-9,11,13-14,17-18,20,22-23,28,31,33-53H2,1-3H3,(H,69,70)/b10-7-,15-12-,19-16-,24-21-,27-25-,29-26-,32-30-. The van der Waals surface area contributed by atoms with E-state index < -0.39 is 67.3 Å². The van der Waals surface area contributed by atoms with Crippen LogP contribution in [0, 0.1) is 0 Å². The molecular formula is C63H104O12. The van der Waals surface area contributed by atoms with Crippen molar-refractivity contribution in [3.63, 3.8) is 0 Å². The van der Waals surface area contributed by atoms with Crippen LogP contribution in [-0.2, 0) is 42.9 Å². The van der Waals surface area contributed by atoms with E-state index in [1.165, 1.54) is 38.5 Å². The summed E-state index contributed by atoms with van der Waals surface area (Å²) in [6.07, 6.45) is 52.6. The molecule has 1 heterocycles. The predicted molar refractivity (Wildman–Crippen MR) is 303 cm³/mol. The van der Waals surface area contributed by atoms with Crippen molar-refractivity contribution in [2.45, 2.75) is 276 Å². The van der Waals surface area contributed by atoms with E-state index in [1.807, 2.05) is 0 Å². The van der Waals surface area contributed by atoms with Gasteiger partial charge in [-0.2, -0.15) is 0 Å². The number of aliphatic hydroxyl groups excluding tert-OH is 2. The van der Waals surface area contributed by atoms with Crippen molar-refractivity contribution >= 4 is 23.9 Å². The molecule has 0 aromatic carbocycles. The zero-order chi connectivity index (χ0) is 54.7. The van der Waals surface area contributed by atoms with Gasteiger partial charge in [0, 0.05) is 19.3 Å². The van der Waals surface area contributed by atoms with Gasteiger partial charge in [0.15, 0.2) is 24.6 Å². The largest absolute Gasteiger partial charge is 0.479 e. The van der Waals surface area contributed by atoms with Crippen molar-refractivity contribution in [2.75, 3.05) is 13.2 Å². The van der Waals surface area contributed by atoms with Gasteiger partial charge in [-0.3, -0.25) is 14.4 Å². The Kier molecular flexibility index (Phi) is 46.6. The van der Waals surface area contributed by atoms with Gasteiger partial charge in [0.25, 0.3) is 0 Å². The van der Waals surface area contributed by atoms with E-state index >= 15 is 0 Å². The number of allylic oxidation sites excluding steroid dienone is 14. The third kappa shape index (κ3) is 40.8. The highest BCUT2D eigenvalue weighted by Crippen LogP contribution is 2.26. The van der Waals surface area contributed by atoms with Crippen molar-refractivity contribution in [2.24, 2.45) is 0 Å². The van der Waals surface area contributed by atoms with Crippen molar-refractivity contribution < 1.29 is 58.2 Å². The summed E-state index contributed by atoms with van der Waals surface area (Å²) in [5.41, 5.74) is 0. The zero-order valence-electron chi connectivity index (χ0n) is 47.0. The monoisotopic (exact) mass is 1050 g/mol. The van der Waals surface area contributed by atoms with Gasteiger partial charge in [-0.25, -0.2) is 4.79 Å². The molecule has 75 heavy (non-hydrogen) atoms. The molecule has 3 N–H and O–H groups in total. The van der Waals surface area contributed by atoms with Crippen LogP contribution in [0.5, 0.6) is 0 Å². The van der Waals surface area contributed by atoms with Gasteiger partial charge in [-0.05, 0) is 109 Å². The number of aliphatic hydroxyl groups is 2. The lowest BCUT2D eigenvalue weighted by atomic mass is 9.98. The maximum atomic E-state index is 13.1. The Morgan fingerprint density at radius 2 is 0.867 bits per heavy atom. The molecule has 0 spiro atoms. The minimum absolute atomic E-state index is 0.0379. The number of rotatable bonds is 49. The minimum Gasteiger partial charge on any atom is -0.479 e. The number of carboxylic acids is 1. The molecule has 12 nitrogen and oxygen atoms in total. The molecule has 6 atom stereocenters. The number of aliphatic carboxylic acids is 1. The molecule has 6 unspecified atom stereocenters. The Balaban J connectivity index is 2.73. The Morgan fingerprint density at radius 3 is 1.35 bits per heavy atom. The maximum Gasteiger partial charge on any atom is 0.335 e. The van der Waals surface area contributed by atoms with Crippen LogP contribution >= 0.6 is 0 Å². The van der Waals surface area contributed by atoms with Gasteiger partial charge in [-0.15, -0.1) is 0 Å². The number of esters is 3. The summed E-state index contributed by atoms with van der Waals surface area (Å²) >= 11 is 0. The molecule has 0 bridgehead atoms.